The third kappa shape index (κ3) is 3.82. The maximum Gasteiger partial charge on any atom is 0.245 e. The maximum atomic E-state index is 12.4. The lowest BCUT2D eigenvalue weighted by molar-refractivity contribution is 0.248. The summed E-state index contributed by atoms with van der Waals surface area (Å²) < 4.78 is 33.2. The van der Waals surface area contributed by atoms with Crippen molar-refractivity contribution in [1.29, 1.82) is 0 Å². The van der Waals surface area contributed by atoms with E-state index in [0.29, 0.717) is 12.3 Å². The van der Waals surface area contributed by atoms with Gasteiger partial charge in [0.1, 0.15) is 10.7 Å². The Morgan fingerprint density at radius 1 is 1.45 bits per heavy atom. The smallest absolute Gasteiger partial charge is 0.245 e. The van der Waals surface area contributed by atoms with Crippen LogP contribution in [0.5, 0.6) is 0 Å². The summed E-state index contributed by atoms with van der Waals surface area (Å²) in [5.41, 5.74) is 0. The quantitative estimate of drug-likeness (QED) is 0.818. The van der Waals surface area contributed by atoms with Gasteiger partial charge in [0.05, 0.1) is 6.54 Å². The minimum Gasteiger partial charge on any atom is -0.452 e. The first kappa shape index (κ1) is 16.0. The number of nitrogens with zero attached hydrogens (tertiary/aromatic N) is 1. The van der Waals surface area contributed by atoms with Crippen molar-refractivity contribution in [2.45, 2.75) is 30.3 Å². The molecule has 6 nitrogen and oxygen atoms in total. The summed E-state index contributed by atoms with van der Waals surface area (Å²) in [4.78, 5) is 2.37. The number of rotatable bonds is 5. The van der Waals surface area contributed by atoms with Crippen LogP contribution < -0.4 is 10.0 Å². The topological polar surface area (TPSA) is 74.6 Å². The number of halogens is 1. The second kappa shape index (κ2) is 6.57. The molecule has 2 rings (SSSR count). The summed E-state index contributed by atoms with van der Waals surface area (Å²) in [7, 11) is 0.280. The van der Waals surface area contributed by atoms with Crippen LogP contribution in [-0.2, 0) is 16.6 Å². The molecule has 1 aromatic heterocycles. The van der Waals surface area contributed by atoms with Crippen molar-refractivity contribution >= 4 is 26.0 Å². The Morgan fingerprint density at radius 2 is 2.10 bits per heavy atom. The fraction of sp³-hybridized carbons (Fsp3) is 0.667. The van der Waals surface area contributed by atoms with E-state index < -0.39 is 10.0 Å². The lowest BCUT2D eigenvalue weighted by atomic mass is 10.1. The summed E-state index contributed by atoms with van der Waals surface area (Å²) in [6.45, 7) is 2.30. The average Bonchev–Trinajstić information content (AvgIpc) is 2.74. The molecule has 1 aliphatic rings. The Morgan fingerprint density at radius 3 is 2.70 bits per heavy atom. The fourth-order valence-corrected chi connectivity index (χ4v) is 4.55. The van der Waals surface area contributed by atoms with E-state index in [-0.39, 0.29) is 15.6 Å². The van der Waals surface area contributed by atoms with E-state index in [4.69, 9.17) is 4.42 Å². The van der Waals surface area contributed by atoms with Crippen molar-refractivity contribution in [3.63, 3.8) is 0 Å². The van der Waals surface area contributed by atoms with Crippen LogP contribution in [0.25, 0.3) is 0 Å². The summed E-state index contributed by atoms with van der Waals surface area (Å²) in [6, 6.07) is 1.54. The van der Waals surface area contributed by atoms with Crippen LogP contribution in [0.4, 0.5) is 0 Å². The normalized spacial score (nSPS) is 18.6. The van der Waals surface area contributed by atoms with Gasteiger partial charge in [-0.3, -0.25) is 0 Å². The predicted molar refractivity (Wildman–Crippen MR) is 80.0 cm³/mol. The third-order valence-electron chi connectivity index (χ3n) is 3.39. The van der Waals surface area contributed by atoms with Gasteiger partial charge in [0.25, 0.3) is 0 Å². The molecular formula is C12H20BrN3O3S. The number of likely N-dealkylation sites (tertiary alicyclic amines) is 1. The summed E-state index contributed by atoms with van der Waals surface area (Å²) in [5, 5.41) is 2.93. The van der Waals surface area contributed by atoms with Gasteiger partial charge < -0.3 is 14.6 Å². The first-order valence-electron chi connectivity index (χ1n) is 6.56. The molecule has 20 heavy (non-hydrogen) atoms. The minimum atomic E-state index is -3.54. The van der Waals surface area contributed by atoms with E-state index in [0.717, 1.165) is 25.9 Å². The van der Waals surface area contributed by atoms with Crippen molar-refractivity contribution in [1.82, 2.24) is 14.9 Å². The highest BCUT2D eigenvalue weighted by molar-refractivity contribution is 9.10. The summed E-state index contributed by atoms with van der Waals surface area (Å²) >= 11 is 3.18. The van der Waals surface area contributed by atoms with Crippen molar-refractivity contribution in [3.8, 4) is 0 Å². The minimum absolute atomic E-state index is 0.00856. The second-order valence-corrected chi connectivity index (χ2v) is 7.48. The van der Waals surface area contributed by atoms with Crippen molar-refractivity contribution in [2.75, 3.05) is 27.2 Å². The molecule has 1 saturated heterocycles. The summed E-state index contributed by atoms with van der Waals surface area (Å²) in [5.74, 6) is 0.586. The highest BCUT2D eigenvalue weighted by Gasteiger charge is 2.27. The van der Waals surface area contributed by atoms with Gasteiger partial charge in [0, 0.05) is 12.1 Å². The van der Waals surface area contributed by atoms with Gasteiger partial charge in [0.15, 0.2) is 4.67 Å². The molecule has 0 atom stereocenters. The number of sulfonamides is 1. The zero-order valence-electron chi connectivity index (χ0n) is 11.6. The van der Waals surface area contributed by atoms with Crippen molar-refractivity contribution in [2.24, 2.45) is 0 Å². The van der Waals surface area contributed by atoms with Crippen LogP contribution in [0.3, 0.4) is 0 Å². The standard InChI is InChI=1S/C12H20BrN3O3S/c1-14-8-10-7-11(12(13)19-10)20(17,18)15-9-3-5-16(2)6-4-9/h7,9,14-15H,3-6,8H2,1-2H3. The molecule has 0 saturated carbocycles. The Balaban J connectivity index is 2.10. The van der Waals surface area contributed by atoms with E-state index in [1.807, 2.05) is 7.05 Å². The molecule has 1 aromatic rings. The molecule has 0 bridgehead atoms. The second-order valence-electron chi connectivity index (χ2n) is 5.08. The van der Waals surface area contributed by atoms with Crippen molar-refractivity contribution < 1.29 is 12.8 Å². The van der Waals surface area contributed by atoms with Gasteiger partial charge in [0.2, 0.25) is 10.0 Å². The molecule has 0 aromatic carbocycles. The Bertz CT molecular complexity index is 550. The average molecular weight is 366 g/mol. The summed E-state index contributed by atoms with van der Waals surface area (Å²) in [6.07, 6.45) is 1.66. The van der Waals surface area contributed by atoms with Gasteiger partial charge in [-0.05, 0) is 56.0 Å². The molecular weight excluding hydrogens is 346 g/mol. The SMILES string of the molecule is CNCc1cc(S(=O)(=O)NC2CCN(C)CC2)c(Br)o1. The van der Waals surface area contributed by atoms with Crippen LogP contribution in [-0.4, -0.2) is 46.5 Å². The molecule has 2 heterocycles. The number of piperidine rings is 1. The number of hydrogen-bond acceptors (Lipinski definition) is 5. The predicted octanol–water partition coefficient (Wildman–Crippen LogP) is 1.13. The largest absolute Gasteiger partial charge is 0.452 e. The third-order valence-corrected chi connectivity index (χ3v) is 5.76. The fourth-order valence-electron chi connectivity index (χ4n) is 2.25. The molecule has 8 heteroatoms. The zero-order chi connectivity index (χ0) is 14.8. The molecule has 1 fully saturated rings. The Hall–Kier alpha value is -0.410. The highest BCUT2D eigenvalue weighted by Crippen LogP contribution is 2.26. The van der Waals surface area contributed by atoms with E-state index in [2.05, 4.69) is 30.9 Å². The van der Waals surface area contributed by atoms with Crippen LogP contribution in [0.15, 0.2) is 20.0 Å². The van der Waals surface area contributed by atoms with Gasteiger partial charge >= 0.3 is 0 Å². The van der Waals surface area contributed by atoms with Crippen molar-refractivity contribution in [3.05, 3.63) is 16.5 Å². The van der Waals surface area contributed by atoms with Crippen LogP contribution in [0.2, 0.25) is 0 Å². The lowest BCUT2D eigenvalue weighted by Gasteiger charge is -2.29. The van der Waals surface area contributed by atoms with E-state index in [9.17, 15) is 8.42 Å². The Kier molecular flexibility index (Phi) is 5.25. The zero-order valence-corrected chi connectivity index (χ0v) is 14.1. The van der Waals surface area contributed by atoms with Gasteiger partial charge in [-0.25, -0.2) is 13.1 Å². The molecule has 0 radical (unpaired) electrons. The molecule has 2 N–H and O–H groups in total. The molecule has 0 aliphatic carbocycles. The van der Waals surface area contributed by atoms with Crippen LogP contribution >= 0.6 is 15.9 Å². The molecule has 0 amide bonds. The number of nitrogens with one attached hydrogen (secondary N) is 2. The number of furan rings is 1. The lowest BCUT2D eigenvalue weighted by Crippen LogP contribution is -2.43. The van der Waals surface area contributed by atoms with E-state index in [1.54, 1.807) is 13.1 Å². The maximum absolute atomic E-state index is 12.4. The van der Waals surface area contributed by atoms with Gasteiger partial charge in [-0.1, -0.05) is 0 Å². The highest BCUT2D eigenvalue weighted by atomic mass is 79.9. The van der Waals surface area contributed by atoms with Gasteiger partial charge in [-0.2, -0.15) is 0 Å². The molecule has 1 aliphatic heterocycles. The Labute approximate surface area is 128 Å². The first-order chi connectivity index (χ1) is 9.42. The van der Waals surface area contributed by atoms with Crippen LogP contribution in [0.1, 0.15) is 18.6 Å². The van der Waals surface area contributed by atoms with E-state index >= 15 is 0 Å². The van der Waals surface area contributed by atoms with E-state index in [1.165, 1.54) is 0 Å². The molecule has 114 valence electrons. The monoisotopic (exact) mass is 365 g/mol. The molecule has 0 spiro atoms. The van der Waals surface area contributed by atoms with Gasteiger partial charge in [-0.15, -0.1) is 0 Å². The number of hydrogen-bond donors (Lipinski definition) is 2. The van der Waals surface area contributed by atoms with Crippen LogP contribution in [0, 0.1) is 0 Å². The molecule has 0 unspecified atom stereocenters. The first-order valence-corrected chi connectivity index (χ1v) is 8.83.